The van der Waals surface area contributed by atoms with E-state index in [9.17, 15) is 4.79 Å². The number of aliphatic hydroxyl groups is 1. The zero-order valence-corrected chi connectivity index (χ0v) is 13.3. The minimum Gasteiger partial charge on any atom is -0.395 e. The van der Waals surface area contributed by atoms with Crippen LogP contribution in [0.25, 0.3) is 0 Å². The summed E-state index contributed by atoms with van der Waals surface area (Å²) in [5.41, 5.74) is 2.29. The number of β-amino-alcohol motifs (C(OH)–C–C–N with tert-alkyl or cyclic N) is 1. The first-order chi connectivity index (χ1) is 10.3. The van der Waals surface area contributed by atoms with E-state index in [0.717, 1.165) is 57.5 Å². The van der Waals surface area contributed by atoms with Crippen LogP contribution in [-0.2, 0) is 12.8 Å². The molecule has 0 spiro atoms. The van der Waals surface area contributed by atoms with Gasteiger partial charge in [0.1, 0.15) is 0 Å². The highest BCUT2D eigenvalue weighted by Gasteiger charge is 2.25. The molecular formula is C16H24N2O2S. The van der Waals surface area contributed by atoms with Crippen molar-refractivity contribution in [3.8, 4) is 0 Å². The van der Waals surface area contributed by atoms with E-state index < -0.39 is 0 Å². The lowest BCUT2D eigenvalue weighted by molar-refractivity contribution is 0.0759. The van der Waals surface area contributed by atoms with Gasteiger partial charge in [0, 0.05) is 36.4 Å². The number of carbonyl (C=O) groups excluding carboxylic acids is 1. The number of aryl methyl sites for hydroxylation is 1. The van der Waals surface area contributed by atoms with Crippen LogP contribution in [0.3, 0.4) is 0 Å². The van der Waals surface area contributed by atoms with Crippen LogP contribution in [-0.4, -0.2) is 60.1 Å². The van der Waals surface area contributed by atoms with Gasteiger partial charge in [0.2, 0.25) is 0 Å². The van der Waals surface area contributed by atoms with Crippen molar-refractivity contribution in [3.63, 3.8) is 0 Å². The van der Waals surface area contributed by atoms with Crippen molar-refractivity contribution in [1.29, 1.82) is 0 Å². The minimum atomic E-state index is 0.200. The lowest BCUT2D eigenvalue weighted by Crippen LogP contribution is -2.36. The molecule has 1 aromatic heterocycles. The van der Waals surface area contributed by atoms with E-state index in [4.69, 9.17) is 5.11 Å². The number of amides is 1. The summed E-state index contributed by atoms with van der Waals surface area (Å²) in [5.74, 6) is 0.222. The van der Waals surface area contributed by atoms with Gasteiger partial charge in [-0.15, -0.1) is 11.3 Å². The van der Waals surface area contributed by atoms with Gasteiger partial charge in [-0.3, -0.25) is 9.69 Å². The fourth-order valence-corrected chi connectivity index (χ4v) is 4.50. The Labute approximate surface area is 130 Å². The van der Waals surface area contributed by atoms with E-state index in [0.29, 0.717) is 0 Å². The van der Waals surface area contributed by atoms with Crippen LogP contribution in [0.4, 0.5) is 0 Å². The number of rotatable bonds is 3. The fraction of sp³-hybridized carbons (Fsp3) is 0.688. The summed E-state index contributed by atoms with van der Waals surface area (Å²) in [5, 5.41) is 11.1. The first-order valence-corrected chi connectivity index (χ1v) is 8.89. The van der Waals surface area contributed by atoms with E-state index >= 15 is 0 Å². The number of hydrogen-bond acceptors (Lipinski definition) is 4. The third-order valence-corrected chi connectivity index (χ3v) is 5.67. The molecule has 2 aliphatic rings. The SMILES string of the molecule is O=C(c1csc2c1CCCC2)N1CCCN(CCO)CC1. The molecule has 0 saturated carbocycles. The van der Waals surface area contributed by atoms with Gasteiger partial charge in [-0.05, 0) is 44.2 Å². The van der Waals surface area contributed by atoms with Crippen molar-refractivity contribution in [2.45, 2.75) is 32.1 Å². The van der Waals surface area contributed by atoms with Crippen molar-refractivity contribution in [2.75, 3.05) is 39.3 Å². The molecule has 0 radical (unpaired) electrons. The van der Waals surface area contributed by atoms with E-state index in [1.165, 1.54) is 23.3 Å². The van der Waals surface area contributed by atoms with Gasteiger partial charge in [-0.25, -0.2) is 0 Å². The predicted molar refractivity (Wildman–Crippen MR) is 85.0 cm³/mol. The molecular weight excluding hydrogens is 284 g/mol. The lowest BCUT2D eigenvalue weighted by atomic mass is 9.95. The number of nitrogens with zero attached hydrogens (tertiary/aromatic N) is 2. The summed E-state index contributed by atoms with van der Waals surface area (Å²) >= 11 is 1.77. The van der Waals surface area contributed by atoms with E-state index in [1.807, 2.05) is 4.90 Å². The number of thiophene rings is 1. The van der Waals surface area contributed by atoms with Gasteiger partial charge < -0.3 is 10.0 Å². The van der Waals surface area contributed by atoms with Crippen LogP contribution in [0.15, 0.2) is 5.38 Å². The van der Waals surface area contributed by atoms with Gasteiger partial charge in [-0.2, -0.15) is 0 Å². The molecule has 3 rings (SSSR count). The van der Waals surface area contributed by atoms with Crippen molar-refractivity contribution < 1.29 is 9.90 Å². The van der Waals surface area contributed by atoms with Crippen LogP contribution in [0.2, 0.25) is 0 Å². The van der Waals surface area contributed by atoms with Gasteiger partial charge in [0.25, 0.3) is 5.91 Å². The van der Waals surface area contributed by atoms with E-state index in [2.05, 4.69) is 10.3 Å². The van der Waals surface area contributed by atoms with Crippen LogP contribution >= 0.6 is 11.3 Å². The summed E-state index contributed by atoms with van der Waals surface area (Å²) in [6, 6.07) is 0. The maximum atomic E-state index is 12.8. The summed E-state index contributed by atoms with van der Waals surface area (Å²) in [4.78, 5) is 18.5. The van der Waals surface area contributed by atoms with Crippen LogP contribution in [0.5, 0.6) is 0 Å². The lowest BCUT2D eigenvalue weighted by Gasteiger charge is -2.22. The van der Waals surface area contributed by atoms with Crippen molar-refractivity contribution in [2.24, 2.45) is 0 Å². The van der Waals surface area contributed by atoms with Gasteiger partial charge >= 0.3 is 0 Å². The zero-order chi connectivity index (χ0) is 14.7. The van der Waals surface area contributed by atoms with Crippen molar-refractivity contribution >= 4 is 17.2 Å². The molecule has 1 aromatic rings. The number of hydrogen-bond donors (Lipinski definition) is 1. The average molecular weight is 308 g/mol. The van der Waals surface area contributed by atoms with Crippen molar-refractivity contribution in [3.05, 3.63) is 21.4 Å². The number of aliphatic hydroxyl groups excluding tert-OH is 1. The molecule has 1 aliphatic carbocycles. The maximum Gasteiger partial charge on any atom is 0.255 e. The van der Waals surface area contributed by atoms with Crippen molar-refractivity contribution in [1.82, 2.24) is 9.80 Å². The largest absolute Gasteiger partial charge is 0.395 e. The highest BCUT2D eigenvalue weighted by Crippen LogP contribution is 2.31. The molecule has 1 amide bonds. The maximum absolute atomic E-state index is 12.8. The molecule has 0 bridgehead atoms. The quantitative estimate of drug-likeness (QED) is 0.925. The van der Waals surface area contributed by atoms with Crippen LogP contribution < -0.4 is 0 Å². The van der Waals surface area contributed by atoms with Crippen LogP contribution in [0, 0.1) is 0 Å². The molecule has 5 heteroatoms. The Morgan fingerprint density at radius 1 is 1.14 bits per heavy atom. The molecule has 1 saturated heterocycles. The molecule has 1 N–H and O–H groups in total. The number of carbonyl (C=O) groups is 1. The normalized spacial score (nSPS) is 20.1. The Kier molecular flexibility index (Phi) is 4.93. The summed E-state index contributed by atoms with van der Waals surface area (Å²) in [6.07, 6.45) is 5.70. The molecule has 116 valence electrons. The Morgan fingerprint density at radius 2 is 2.00 bits per heavy atom. The second-order valence-electron chi connectivity index (χ2n) is 5.97. The fourth-order valence-electron chi connectivity index (χ4n) is 3.38. The topological polar surface area (TPSA) is 43.8 Å². The zero-order valence-electron chi connectivity index (χ0n) is 12.5. The highest BCUT2D eigenvalue weighted by atomic mass is 32.1. The van der Waals surface area contributed by atoms with E-state index in [-0.39, 0.29) is 12.5 Å². The van der Waals surface area contributed by atoms with Gasteiger partial charge in [-0.1, -0.05) is 0 Å². The van der Waals surface area contributed by atoms with Gasteiger partial charge in [0.05, 0.1) is 12.2 Å². The third kappa shape index (κ3) is 3.30. The Balaban J connectivity index is 1.69. The second-order valence-corrected chi connectivity index (χ2v) is 6.93. The molecule has 0 unspecified atom stereocenters. The number of fused-ring (bicyclic) bond motifs is 1. The molecule has 4 nitrogen and oxygen atoms in total. The summed E-state index contributed by atoms with van der Waals surface area (Å²) in [7, 11) is 0. The molecule has 1 fully saturated rings. The Hall–Kier alpha value is -0.910. The van der Waals surface area contributed by atoms with E-state index in [1.54, 1.807) is 11.3 Å². The Morgan fingerprint density at radius 3 is 2.86 bits per heavy atom. The summed E-state index contributed by atoms with van der Waals surface area (Å²) in [6.45, 7) is 4.39. The Bertz CT molecular complexity index is 500. The minimum absolute atomic E-state index is 0.200. The highest BCUT2D eigenvalue weighted by molar-refractivity contribution is 7.10. The average Bonchev–Trinajstić information content (AvgIpc) is 2.80. The molecule has 21 heavy (non-hydrogen) atoms. The van der Waals surface area contributed by atoms with Crippen LogP contribution in [0.1, 0.15) is 40.1 Å². The molecule has 2 heterocycles. The smallest absolute Gasteiger partial charge is 0.255 e. The first kappa shape index (κ1) is 15.0. The van der Waals surface area contributed by atoms with Gasteiger partial charge in [0.15, 0.2) is 0 Å². The standard InChI is InChI=1S/C16H24N2O2S/c19-11-10-17-6-3-7-18(9-8-17)16(20)14-12-21-15-5-2-1-4-13(14)15/h12,19H,1-11H2. The predicted octanol–water partition coefficient (Wildman–Crippen LogP) is 1.77. The molecule has 1 aliphatic heterocycles. The first-order valence-electron chi connectivity index (χ1n) is 8.01. The monoisotopic (exact) mass is 308 g/mol. The molecule has 0 atom stereocenters. The second kappa shape index (κ2) is 6.90. The summed E-state index contributed by atoms with van der Waals surface area (Å²) < 4.78 is 0. The molecule has 0 aromatic carbocycles. The third-order valence-electron chi connectivity index (χ3n) is 4.58.